The number of hydrogen-bond donors (Lipinski definition) is 1. The molecule has 0 spiro atoms. The first kappa shape index (κ1) is 16.5. The maximum atomic E-state index is 12.8. The van der Waals surface area contributed by atoms with Crippen LogP contribution < -0.4 is 5.56 Å². The fraction of sp³-hybridized carbons (Fsp3) is 0.238. The highest BCUT2D eigenvalue weighted by atomic mass is 32.1. The summed E-state index contributed by atoms with van der Waals surface area (Å²) < 4.78 is 5.49. The van der Waals surface area contributed by atoms with Crippen molar-refractivity contribution in [3.8, 4) is 11.1 Å². The number of nitrogens with zero attached hydrogens (tertiary/aromatic N) is 2. The van der Waals surface area contributed by atoms with E-state index in [1.54, 1.807) is 6.26 Å². The maximum absolute atomic E-state index is 12.8. The summed E-state index contributed by atoms with van der Waals surface area (Å²) in [7, 11) is 0. The van der Waals surface area contributed by atoms with Crippen molar-refractivity contribution in [2.45, 2.75) is 32.0 Å². The van der Waals surface area contributed by atoms with Crippen LogP contribution in [-0.2, 0) is 13.1 Å². The molecule has 0 atom stereocenters. The van der Waals surface area contributed by atoms with Crippen molar-refractivity contribution in [2.24, 2.45) is 0 Å². The average Bonchev–Trinajstić information content (AvgIpc) is 3.23. The summed E-state index contributed by atoms with van der Waals surface area (Å²) in [4.78, 5) is 23.7. The minimum absolute atomic E-state index is 0.0659. The van der Waals surface area contributed by atoms with Gasteiger partial charge in [-0.05, 0) is 30.5 Å². The molecule has 5 rings (SSSR count). The second-order valence-electron chi connectivity index (χ2n) is 6.92. The highest BCUT2D eigenvalue weighted by Crippen LogP contribution is 2.32. The summed E-state index contributed by atoms with van der Waals surface area (Å²) in [6.45, 7) is 1.36. The number of H-pyrrole nitrogens is 1. The van der Waals surface area contributed by atoms with Crippen LogP contribution in [0.2, 0.25) is 0 Å². The van der Waals surface area contributed by atoms with E-state index >= 15 is 0 Å². The van der Waals surface area contributed by atoms with Crippen LogP contribution in [-0.4, -0.2) is 20.9 Å². The molecule has 4 aromatic rings. The Balaban J connectivity index is 1.47. The molecule has 0 saturated heterocycles. The quantitative estimate of drug-likeness (QED) is 0.541. The number of hydrogen-bond acceptors (Lipinski definition) is 5. The second-order valence-corrected chi connectivity index (χ2v) is 7.78. The Morgan fingerprint density at radius 3 is 2.74 bits per heavy atom. The Kier molecular flexibility index (Phi) is 4.14. The van der Waals surface area contributed by atoms with E-state index in [-0.39, 0.29) is 5.56 Å². The molecule has 0 bridgehead atoms. The lowest BCUT2D eigenvalue weighted by atomic mass is 10.1. The van der Waals surface area contributed by atoms with Crippen molar-refractivity contribution in [3.63, 3.8) is 0 Å². The van der Waals surface area contributed by atoms with Gasteiger partial charge in [-0.3, -0.25) is 9.69 Å². The van der Waals surface area contributed by atoms with Crippen LogP contribution in [0.1, 0.15) is 24.4 Å². The zero-order valence-electron chi connectivity index (χ0n) is 14.7. The van der Waals surface area contributed by atoms with Gasteiger partial charge in [0.05, 0.1) is 24.7 Å². The van der Waals surface area contributed by atoms with Gasteiger partial charge in [-0.15, -0.1) is 11.3 Å². The van der Waals surface area contributed by atoms with Crippen LogP contribution in [0.15, 0.2) is 63.3 Å². The molecule has 0 unspecified atom stereocenters. The Hall–Kier alpha value is -2.70. The molecule has 1 aromatic carbocycles. The smallest absolute Gasteiger partial charge is 0.260 e. The lowest BCUT2D eigenvalue weighted by molar-refractivity contribution is 0.220. The number of fused-ring (bicyclic) bond motifs is 1. The van der Waals surface area contributed by atoms with Gasteiger partial charge in [0.2, 0.25) is 0 Å². The minimum Gasteiger partial charge on any atom is -0.468 e. The minimum atomic E-state index is -0.0659. The third-order valence-electron chi connectivity index (χ3n) is 4.93. The molecule has 1 aliphatic rings. The molecule has 6 heteroatoms. The van der Waals surface area contributed by atoms with Gasteiger partial charge in [0, 0.05) is 17.0 Å². The summed E-state index contributed by atoms with van der Waals surface area (Å²) >= 11 is 1.53. The van der Waals surface area contributed by atoms with Crippen LogP contribution in [0.5, 0.6) is 0 Å². The van der Waals surface area contributed by atoms with Crippen molar-refractivity contribution in [1.82, 2.24) is 14.9 Å². The second kappa shape index (κ2) is 6.79. The number of benzene rings is 1. The molecule has 1 fully saturated rings. The molecule has 3 aromatic heterocycles. The number of furan rings is 1. The van der Waals surface area contributed by atoms with Gasteiger partial charge in [0.15, 0.2) is 0 Å². The third-order valence-corrected chi connectivity index (χ3v) is 5.81. The van der Waals surface area contributed by atoms with E-state index in [9.17, 15) is 4.79 Å². The number of thiophene rings is 1. The van der Waals surface area contributed by atoms with Crippen molar-refractivity contribution in [1.29, 1.82) is 0 Å². The van der Waals surface area contributed by atoms with Gasteiger partial charge in [-0.1, -0.05) is 30.3 Å². The number of aromatic amines is 1. The Bertz CT molecular complexity index is 1110. The predicted octanol–water partition coefficient (Wildman–Crippen LogP) is 4.41. The first-order valence-corrected chi connectivity index (χ1v) is 9.98. The van der Waals surface area contributed by atoms with Crippen molar-refractivity contribution in [3.05, 3.63) is 76.0 Å². The third kappa shape index (κ3) is 3.34. The zero-order valence-corrected chi connectivity index (χ0v) is 15.5. The first-order valence-electron chi connectivity index (χ1n) is 9.10. The Morgan fingerprint density at radius 2 is 2.00 bits per heavy atom. The highest BCUT2D eigenvalue weighted by molar-refractivity contribution is 7.17. The molecule has 0 amide bonds. The van der Waals surface area contributed by atoms with Crippen LogP contribution >= 0.6 is 11.3 Å². The predicted molar refractivity (Wildman–Crippen MR) is 107 cm³/mol. The van der Waals surface area contributed by atoms with Crippen molar-refractivity contribution in [2.75, 3.05) is 0 Å². The number of nitrogens with one attached hydrogen (secondary N) is 1. The SMILES string of the molecule is O=c1[nH]c(CN(Cc2ccco2)C2CC2)nc2scc(-c3ccccc3)c12. The Labute approximate surface area is 160 Å². The fourth-order valence-corrected chi connectivity index (χ4v) is 4.41. The van der Waals surface area contributed by atoms with E-state index in [1.807, 2.05) is 47.8 Å². The van der Waals surface area contributed by atoms with Gasteiger partial charge < -0.3 is 9.40 Å². The molecule has 1 aliphatic carbocycles. The van der Waals surface area contributed by atoms with E-state index in [0.717, 1.165) is 28.3 Å². The average molecular weight is 377 g/mol. The summed E-state index contributed by atoms with van der Waals surface area (Å²) in [6.07, 6.45) is 4.07. The highest BCUT2D eigenvalue weighted by Gasteiger charge is 2.30. The van der Waals surface area contributed by atoms with Gasteiger partial charge in [-0.2, -0.15) is 0 Å². The maximum Gasteiger partial charge on any atom is 0.260 e. The van der Waals surface area contributed by atoms with Crippen LogP contribution in [0.25, 0.3) is 21.3 Å². The van der Waals surface area contributed by atoms with Gasteiger partial charge in [0.1, 0.15) is 16.4 Å². The largest absolute Gasteiger partial charge is 0.468 e. The summed E-state index contributed by atoms with van der Waals surface area (Å²) in [5, 5.41) is 2.70. The topological polar surface area (TPSA) is 62.1 Å². The van der Waals surface area contributed by atoms with Gasteiger partial charge in [-0.25, -0.2) is 4.98 Å². The number of aromatic nitrogens is 2. The summed E-state index contributed by atoms with van der Waals surface area (Å²) in [5.74, 6) is 1.65. The van der Waals surface area contributed by atoms with E-state index in [1.165, 1.54) is 24.2 Å². The first-order chi connectivity index (χ1) is 13.3. The van der Waals surface area contributed by atoms with Crippen LogP contribution in [0, 0.1) is 0 Å². The van der Waals surface area contributed by atoms with Gasteiger partial charge >= 0.3 is 0 Å². The van der Waals surface area contributed by atoms with E-state index in [2.05, 4.69) is 9.88 Å². The lowest BCUT2D eigenvalue weighted by Gasteiger charge is -2.20. The molecular weight excluding hydrogens is 358 g/mol. The molecule has 0 radical (unpaired) electrons. The standard InChI is InChI=1S/C21H19N3O2S/c25-20-19-17(14-5-2-1-3-6-14)13-27-21(19)23-18(22-20)12-24(15-8-9-15)11-16-7-4-10-26-16/h1-7,10,13,15H,8-9,11-12H2,(H,22,23,25). The van der Waals surface area contributed by atoms with Gasteiger partial charge in [0.25, 0.3) is 5.56 Å². The van der Waals surface area contributed by atoms with Crippen LogP contribution in [0.3, 0.4) is 0 Å². The molecule has 136 valence electrons. The molecular formula is C21H19N3O2S. The molecule has 5 nitrogen and oxygen atoms in total. The summed E-state index contributed by atoms with van der Waals surface area (Å²) in [5.41, 5.74) is 1.93. The van der Waals surface area contributed by atoms with Crippen molar-refractivity contribution >= 4 is 21.6 Å². The number of rotatable bonds is 6. The normalized spacial score (nSPS) is 14.3. The molecule has 1 saturated carbocycles. The van der Waals surface area contributed by atoms with Crippen LogP contribution in [0.4, 0.5) is 0 Å². The Morgan fingerprint density at radius 1 is 1.15 bits per heavy atom. The lowest BCUT2D eigenvalue weighted by Crippen LogP contribution is -2.27. The zero-order chi connectivity index (χ0) is 18.2. The molecule has 1 N–H and O–H groups in total. The molecule has 3 heterocycles. The van der Waals surface area contributed by atoms with E-state index in [4.69, 9.17) is 9.40 Å². The summed E-state index contributed by atoms with van der Waals surface area (Å²) in [6, 6.07) is 14.4. The van der Waals surface area contributed by atoms with E-state index < -0.39 is 0 Å². The monoisotopic (exact) mass is 377 g/mol. The fourth-order valence-electron chi connectivity index (χ4n) is 3.45. The van der Waals surface area contributed by atoms with E-state index in [0.29, 0.717) is 23.8 Å². The molecule has 0 aliphatic heterocycles. The van der Waals surface area contributed by atoms with Crippen molar-refractivity contribution < 1.29 is 4.42 Å². The molecule has 27 heavy (non-hydrogen) atoms.